The molecule has 9 heteroatoms. The first kappa shape index (κ1) is 24.0. The van der Waals surface area contributed by atoms with Crippen molar-refractivity contribution in [3.63, 3.8) is 0 Å². The molecule has 0 aliphatic carbocycles. The second kappa shape index (κ2) is 10.9. The average molecular weight is 471 g/mol. The van der Waals surface area contributed by atoms with E-state index >= 15 is 0 Å². The number of amides is 2. The Morgan fingerprint density at radius 3 is 2.74 bits per heavy atom. The highest BCUT2D eigenvalue weighted by atomic mass is 16.6. The molecule has 9 nitrogen and oxygen atoms in total. The predicted molar refractivity (Wildman–Crippen MR) is 124 cm³/mol. The Kier molecular flexibility index (Phi) is 7.66. The fraction of sp³-hybridized carbons (Fsp3) is 0.440. The Balaban J connectivity index is 1.42. The minimum absolute atomic E-state index is 0.0356. The van der Waals surface area contributed by atoms with Crippen LogP contribution in [0.25, 0.3) is 0 Å². The summed E-state index contributed by atoms with van der Waals surface area (Å²) in [6.07, 6.45) is -0.555. The smallest absolute Gasteiger partial charge is 0.250 e. The van der Waals surface area contributed by atoms with Crippen LogP contribution in [0.4, 0.5) is 5.69 Å². The number of anilines is 1. The summed E-state index contributed by atoms with van der Waals surface area (Å²) < 4.78 is 22.3. The lowest BCUT2D eigenvalue weighted by Crippen LogP contribution is -2.47. The molecule has 2 amide bonds. The molecule has 2 aliphatic heterocycles. The minimum Gasteiger partial charge on any atom is -0.496 e. The molecule has 0 unspecified atom stereocenters. The largest absolute Gasteiger partial charge is 0.496 e. The van der Waals surface area contributed by atoms with Gasteiger partial charge in [-0.05, 0) is 30.7 Å². The van der Waals surface area contributed by atoms with Gasteiger partial charge in [0.2, 0.25) is 11.8 Å². The van der Waals surface area contributed by atoms with E-state index in [1.54, 1.807) is 19.2 Å². The molecule has 4 atom stereocenters. The van der Waals surface area contributed by atoms with Crippen LogP contribution in [0.1, 0.15) is 29.9 Å². The molecule has 0 radical (unpaired) electrons. The van der Waals surface area contributed by atoms with E-state index in [1.165, 1.54) is 7.11 Å². The first-order chi connectivity index (χ1) is 16.5. The van der Waals surface area contributed by atoms with E-state index in [9.17, 15) is 14.7 Å². The quantitative estimate of drug-likeness (QED) is 0.513. The number of ether oxygens (including phenoxy) is 4. The van der Waals surface area contributed by atoms with Gasteiger partial charge < -0.3 is 34.7 Å². The average Bonchev–Trinajstić information content (AvgIpc) is 3.20. The summed E-state index contributed by atoms with van der Waals surface area (Å²) in [5, 5.41) is 15.6. The summed E-state index contributed by atoms with van der Waals surface area (Å²) in [6, 6.07) is 13.0. The number of methoxy groups -OCH3 is 2. The van der Waals surface area contributed by atoms with Crippen molar-refractivity contribution in [1.29, 1.82) is 0 Å². The molecule has 4 rings (SSSR count). The van der Waals surface area contributed by atoms with Gasteiger partial charge in [-0.15, -0.1) is 0 Å². The van der Waals surface area contributed by atoms with Gasteiger partial charge >= 0.3 is 0 Å². The second-order valence-corrected chi connectivity index (χ2v) is 8.43. The van der Waals surface area contributed by atoms with Crippen molar-refractivity contribution in [2.45, 2.75) is 43.6 Å². The third-order valence-electron chi connectivity index (χ3n) is 6.14. The van der Waals surface area contributed by atoms with Crippen molar-refractivity contribution in [2.24, 2.45) is 0 Å². The van der Waals surface area contributed by atoms with Gasteiger partial charge in [0.1, 0.15) is 30.3 Å². The second-order valence-electron chi connectivity index (χ2n) is 8.43. The van der Waals surface area contributed by atoms with Crippen molar-refractivity contribution in [3.05, 3.63) is 53.6 Å². The number of rotatable bonds is 9. The number of benzene rings is 2. The lowest BCUT2D eigenvalue weighted by atomic mass is 9.84. The summed E-state index contributed by atoms with van der Waals surface area (Å²) in [5.41, 5.74) is 2.46. The Hall–Kier alpha value is -3.14. The van der Waals surface area contributed by atoms with Gasteiger partial charge in [0.05, 0.1) is 26.2 Å². The van der Waals surface area contributed by atoms with Gasteiger partial charge in [0.15, 0.2) is 0 Å². The molecule has 1 fully saturated rings. The molecule has 0 aromatic heterocycles. The van der Waals surface area contributed by atoms with E-state index in [0.29, 0.717) is 30.2 Å². The van der Waals surface area contributed by atoms with Crippen LogP contribution in [0.5, 0.6) is 11.5 Å². The van der Waals surface area contributed by atoms with Gasteiger partial charge in [-0.2, -0.15) is 0 Å². The molecule has 2 aromatic rings. The molecule has 0 saturated carbocycles. The van der Waals surface area contributed by atoms with E-state index in [-0.39, 0.29) is 49.6 Å². The maximum absolute atomic E-state index is 12.7. The van der Waals surface area contributed by atoms with Gasteiger partial charge in [-0.25, -0.2) is 0 Å². The molecule has 0 spiro atoms. The van der Waals surface area contributed by atoms with Crippen LogP contribution in [0.2, 0.25) is 0 Å². The first-order valence-electron chi connectivity index (χ1n) is 11.3. The highest BCUT2D eigenvalue weighted by Crippen LogP contribution is 2.47. The third kappa shape index (κ3) is 5.32. The van der Waals surface area contributed by atoms with Crippen LogP contribution >= 0.6 is 0 Å². The molecule has 182 valence electrons. The number of nitrogens with one attached hydrogen (secondary N) is 2. The summed E-state index contributed by atoms with van der Waals surface area (Å²) in [5.74, 6) is 0.955. The fourth-order valence-electron chi connectivity index (χ4n) is 4.62. The molecular weight excluding hydrogens is 440 g/mol. The van der Waals surface area contributed by atoms with Gasteiger partial charge in [0, 0.05) is 36.4 Å². The minimum atomic E-state index is -0.551. The van der Waals surface area contributed by atoms with Gasteiger partial charge in [0.25, 0.3) is 0 Å². The van der Waals surface area contributed by atoms with Crippen LogP contribution in [-0.4, -0.2) is 62.7 Å². The lowest BCUT2D eigenvalue weighted by molar-refractivity contribution is -0.142. The number of fused-ring (bicyclic) bond motifs is 3. The van der Waals surface area contributed by atoms with E-state index in [4.69, 9.17) is 18.9 Å². The van der Waals surface area contributed by atoms with Crippen molar-refractivity contribution in [2.75, 3.05) is 32.8 Å². The molecule has 2 aliphatic rings. The summed E-state index contributed by atoms with van der Waals surface area (Å²) >= 11 is 0. The van der Waals surface area contributed by atoms with E-state index < -0.39 is 6.10 Å². The predicted octanol–water partition coefficient (Wildman–Crippen LogP) is 1.98. The van der Waals surface area contributed by atoms with Crippen LogP contribution in [0.15, 0.2) is 42.5 Å². The number of aliphatic hydroxyl groups is 1. The van der Waals surface area contributed by atoms with Crippen LogP contribution in [0.3, 0.4) is 0 Å². The normalized spacial score (nSPS) is 22.8. The van der Waals surface area contributed by atoms with Crippen LogP contribution < -0.4 is 20.1 Å². The molecule has 2 aromatic carbocycles. The number of carbonyl (C=O) groups excluding carboxylic acids is 2. The van der Waals surface area contributed by atoms with Crippen LogP contribution in [0, 0.1) is 0 Å². The topological polar surface area (TPSA) is 115 Å². The molecule has 1 saturated heterocycles. The zero-order valence-corrected chi connectivity index (χ0v) is 19.3. The summed E-state index contributed by atoms with van der Waals surface area (Å²) in [7, 11) is 3.06. The maximum atomic E-state index is 12.7. The highest BCUT2D eigenvalue weighted by Gasteiger charge is 2.46. The standard InChI is InChI=1S/C25H30N2O7/c1-31-14-24(30)27-16-7-8-21-18(9-16)19-10-17(33-22(13-28)25(19)34-21)11-23(29)26-12-15-5-3-4-6-20(15)32-2/h3-9,17,19,22,25,28H,10-14H2,1-2H3,(H,26,29)(H,27,30)/t17-,19-,22+,25+/m1/s1. The van der Waals surface area contributed by atoms with E-state index in [1.807, 2.05) is 30.3 Å². The fourth-order valence-corrected chi connectivity index (χ4v) is 4.62. The van der Waals surface area contributed by atoms with E-state index in [0.717, 1.165) is 11.1 Å². The van der Waals surface area contributed by atoms with Crippen molar-refractivity contribution in [3.8, 4) is 11.5 Å². The first-order valence-corrected chi connectivity index (χ1v) is 11.3. The van der Waals surface area contributed by atoms with Gasteiger partial charge in [-0.3, -0.25) is 9.59 Å². The molecule has 3 N–H and O–H groups in total. The van der Waals surface area contributed by atoms with E-state index in [2.05, 4.69) is 10.6 Å². The Morgan fingerprint density at radius 2 is 1.97 bits per heavy atom. The number of aliphatic hydroxyl groups excluding tert-OH is 1. The van der Waals surface area contributed by atoms with Gasteiger partial charge in [-0.1, -0.05) is 18.2 Å². The highest BCUT2D eigenvalue weighted by molar-refractivity contribution is 5.92. The monoisotopic (exact) mass is 470 g/mol. The zero-order valence-electron chi connectivity index (χ0n) is 19.3. The Bertz CT molecular complexity index is 1030. The maximum Gasteiger partial charge on any atom is 0.250 e. The van der Waals surface area contributed by atoms with Crippen molar-refractivity contribution < 1.29 is 33.6 Å². The number of carbonyl (C=O) groups is 2. The molecule has 2 heterocycles. The Morgan fingerprint density at radius 1 is 1.15 bits per heavy atom. The lowest BCUT2D eigenvalue weighted by Gasteiger charge is -2.37. The molecular formula is C25H30N2O7. The molecule has 0 bridgehead atoms. The Labute approximate surface area is 198 Å². The number of hydrogen-bond donors (Lipinski definition) is 3. The van der Waals surface area contributed by atoms with Crippen molar-refractivity contribution >= 4 is 17.5 Å². The summed E-state index contributed by atoms with van der Waals surface area (Å²) in [4.78, 5) is 24.6. The number of para-hydroxylation sites is 1. The van der Waals surface area contributed by atoms with Crippen LogP contribution in [-0.2, 0) is 25.6 Å². The summed E-state index contributed by atoms with van der Waals surface area (Å²) in [6.45, 7) is 0.0968. The molecule has 34 heavy (non-hydrogen) atoms. The SMILES string of the molecule is COCC(=O)Nc1ccc2c(c1)[C@H]1C[C@H](CC(=O)NCc3ccccc3OC)O[C@@H](CO)[C@H]1O2. The van der Waals surface area contributed by atoms with Crippen molar-refractivity contribution in [1.82, 2.24) is 5.32 Å². The number of hydrogen-bond acceptors (Lipinski definition) is 7. The zero-order chi connectivity index (χ0) is 24.1. The third-order valence-corrected chi connectivity index (χ3v) is 6.14.